The van der Waals surface area contributed by atoms with Gasteiger partial charge in [0.1, 0.15) is 0 Å². The van der Waals surface area contributed by atoms with Gasteiger partial charge < -0.3 is 10.2 Å². The van der Waals surface area contributed by atoms with E-state index in [1.54, 1.807) is 18.8 Å². The van der Waals surface area contributed by atoms with E-state index in [2.05, 4.69) is 5.32 Å². The first-order valence-corrected chi connectivity index (χ1v) is 10.3. The van der Waals surface area contributed by atoms with E-state index >= 15 is 0 Å². The topological polar surface area (TPSA) is 49.4 Å². The molecule has 6 heteroatoms. The Morgan fingerprint density at radius 1 is 1.15 bits per heavy atom. The highest BCUT2D eigenvalue weighted by Gasteiger charge is 2.20. The molecular formula is C21H25ClN2O2S. The van der Waals surface area contributed by atoms with Crippen molar-refractivity contribution in [3.63, 3.8) is 0 Å². The number of carbonyl (C=O) groups is 2. The fourth-order valence-corrected chi connectivity index (χ4v) is 3.70. The average molecular weight is 405 g/mol. The number of nitrogens with one attached hydrogen (secondary N) is 1. The third-order valence-electron chi connectivity index (χ3n) is 4.19. The average Bonchev–Trinajstić information content (AvgIpc) is 2.67. The molecule has 1 unspecified atom stereocenters. The Balaban J connectivity index is 1.84. The van der Waals surface area contributed by atoms with Crippen LogP contribution in [0, 0.1) is 0 Å². The van der Waals surface area contributed by atoms with Gasteiger partial charge in [-0.1, -0.05) is 48.9 Å². The predicted molar refractivity (Wildman–Crippen MR) is 114 cm³/mol. The Labute approximate surface area is 170 Å². The number of rotatable bonds is 8. The molecule has 2 aromatic carbocycles. The van der Waals surface area contributed by atoms with E-state index in [-0.39, 0.29) is 23.6 Å². The minimum absolute atomic E-state index is 0.0305. The summed E-state index contributed by atoms with van der Waals surface area (Å²) in [6.45, 7) is 3.94. The van der Waals surface area contributed by atoms with Gasteiger partial charge in [-0.3, -0.25) is 9.59 Å². The molecule has 0 aliphatic rings. The number of aryl methyl sites for hydroxylation is 1. The van der Waals surface area contributed by atoms with E-state index in [0.717, 1.165) is 23.2 Å². The number of likely N-dealkylation sites (N-methyl/N-ethyl adjacent to an activating group) is 1. The zero-order chi connectivity index (χ0) is 19.8. The summed E-state index contributed by atoms with van der Waals surface area (Å²) < 4.78 is 0. The zero-order valence-corrected chi connectivity index (χ0v) is 17.4. The SMILES string of the molecule is CCc1ccccc1NC(=O)CN(C)C(=O)C(C)SCc1ccc(Cl)cc1. The van der Waals surface area contributed by atoms with Gasteiger partial charge in [0, 0.05) is 23.5 Å². The molecule has 0 aliphatic carbocycles. The van der Waals surface area contributed by atoms with Gasteiger partial charge in [-0.15, -0.1) is 11.8 Å². The summed E-state index contributed by atoms with van der Waals surface area (Å²) in [6, 6.07) is 15.3. The lowest BCUT2D eigenvalue weighted by Crippen LogP contribution is -2.39. The molecule has 0 spiro atoms. The number of anilines is 1. The van der Waals surface area contributed by atoms with Crippen LogP contribution >= 0.6 is 23.4 Å². The molecule has 0 radical (unpaired) electrons. The lowest BCUT2D eigenvalue weighted by atomic mass is 10.1. The minimum Gasteiger partial charge on any atom is -0.335 e. The van der Waals surface area contributed by atoms with Crippen molar-refractivity contribution in [3.8, 4) is 0 Å². The molecule has 0 heterocycles. The van der Waals surface area contributed by atoms with Gasteiger partial charge in [0.15, 0.2) is 0 Å². The van der Waals surface area contributed by atoms with Gasteiger partial charge in [0.25, 0.3) is 0 Å². The third kappa shape index (κ3) is 6.60. The molecule has 2 aromatic rings. The van der Waals surface area contributed by atoms with Crippen LogP contribution in [0.3, 0.4) is 0 Å². The fourth-order valence-electron chi connectivity index (χ4n) is 2.62. The Morgan fingerprint density at radius 3 is 2.48 bits per heavy atom. The summed E-state index contributed by atoms with van der Waals surface area (Å²) in [4.78, 5) is 26.3. The summed E-state index contributed by atoms with van der Waals surface area (Å²) in [5, 5.41) is 3.36. The monoisotopic (exact) mass is 404 g/mol. The second-order valence-corrected chi connectivity index (χ2v) is 8.10. The third-order valence-corrected chi connectivity index (χ3v) is 5.64. The molecule has 0 saturated carbocycles. The van der Waals surface area contributed by atoms with Crippen LogP contribution in [0.1, 0.15) is 25.0 Å². The van der Waals surface area contributed by atoms with E-state index in [1.165, 1.54) is 4.90 Å². The maximum atomic E-state index is 12.5. The Morgan fingerprint density at radius 2 is 1.81 bits per heavy atom. The number of thioether (sulfide) groups is 1. The quantitative estimate of drug-likeness (QED) is 0.698. The standard InChI is InChI=1S/C21H25ClN2O2S/c1-4-17-7-5-6-8-19(17)23-20(25)13-24(3)21(26)15(2)27-14-16-9-11-18(22)12-10-16/h5-12,15H,4,13-14H2,1-3H3,(H,23,25). The maximum Gasteiger partial charge on any atom is 0.243 e. The van der Waals surface area contributed by atoms with Crippen LogP contribution in [0.5, 0.6) is 0 Å². The van der Waals surface area contributed by atoms with Gasteiger partial charge in [0.05, 0.1) is 11.8 Å². The van der Waals surface area contributed by atoms with Crippen molar-refractivity contribution in [2.24, 2.45) is 0 Å². The summed E-state index contributed by atoms with van der Waals surface area (Å²) in [5.74, 6) is 0.461. The largest absolute Gasteiger partial charge is 0.335 e. The molecule has 0 aliphatic heterocycles. The van der Waals surface area contributed by atoms with Crippen molar-refractivity contribution in [1.29, 1.82) is 0 Å². The highest BCUT2D eigenvalue weighted by atomic mass is 35.5. The molecule has 0 saturated heterocycles. The Kier molecular flexibility index (Phi) is 8.20. The van der Waals surface area contributed by atoms with Crippen LogP contribution in [0.2, 0.25) is 5.02 Å². The van der Waals surface area contributed by atoms with Crippen molar-refractivity contribution in [1.82, 2.24) is 4.90 Å². The smallest absolute Gasteiger partial charge is 0.243 e. The summed E-state index contributed by atoms with van der Waals surface area (Å²) in [5.41, 5.74) is 2.99. The van der Waals surface area contributed by atoms with Gasteiger partial charge >= 0.3 is 0 Å². The molecule has 2 rings (SSSR count). The highest BCUT2D eigenvalue weighted by Crippen LogP contribution is 2.21. The van der Waals surface area contributed by atoms with E-state index in [0.29, 0.717) is 10.8 Å². The molecule has 4 nitrogen and oxygen atoms in total. The number of para-hydroxylation sites is 1. The molecule has 0 bridgehead atoms. The fraction of sp³-hybridized carbons (Fsp3) is 0.333. The van der Waals surface area contributed by atoms with Crippen LogP contribution in [-0.2, 0) is 21.8 Å². The summed E-state index contributed by atoms with van der Waals surface area (Å²) >= 11 is 7.43. The van der Waals surface area contributed by atoms with E-state index < -0.39 is 0 Å². The normalized spacial score (nSPS) is 11.7. The number of nitrogens with zero attached hydrogens (tertiary/aromatic N) is 1. The molecule has 0 fully saturated rings. The molecule has 144 valence electrons. The number of carbonyl (C=O) groups excluding carboxylic acids is 2. The van der Waals surface area contributed by atoms with Crippen molar-refractivity contribution in [2.75, 3.05) is 18.9 Å². The Bertz CT molecular complexity index is 780. The van der Waals surface area contributed by atoms with Gasteiger partial charge in [0.2, 0.25) is 11.8 Å². The van der Waals surface area contributed by atoms with Crippen molar-refractivity contribution in [2.45, 2.75) is 31.3 Å². The van der Waals surface area contributed by atoms with Crippen LogP contribution < -0.4 is 5.32 Å². The van der Waals surface area contributed by atoms with Crippen molar-refractivity contribution < 1.29 is 9.59 Å². The number of hydrogen-bond donors (Lipinski definition) is 1. The number of hydrogen-bond acceptors (Lipinski definition) is 3. The summed E-state index contributed by atoms with van der Waals surface area (Å²) in [6.07, 6.45) is 0.837. The van der Waals surface area contributed by atoms with Gasteiger partial charge in [-0.2, -0.15) is 0 Å². The van der Waals surface area contributed by atoms with Gasteiger partial charge in [-0.25, -0.2) is 0 Å². The summed E-state index contributed by atoms with van der Waals surface area (Å²) in [7, 11) is 1.66. The molecule has 27 heavy (non-hydrogen) atoms. The van der Waals surface area contributed by atoms with Crippen LogP contribution in [0.15, 0.2) is 48.5 Å². The number of amides is 2. The lowest BCUT2D eigenvalue weighted by Gasteiger charge is -2.21. The second-order valence-electron chi connectivity index (χ2n) is 6.33. The zero-order valence-electron chi connectivity index (χ0n) is 15.9. The van der Waals surface area contributed by atoms with E-state index in [9.17, 15) is 9.59 Å². The van der Waals surface area contributed by atoms with Crippen molar-refractivity contribution in [3.05, 3.63) is 64.7 Å². The molecule has 2 amide bonds. The van der Waals surface area contributed by atoms with E-state index in [4.69, 9.17) is 11.6 Å². The second kappa shape index (κ2) is 10.4. The molecular weight excluding hydrogens is 380 g/mol. The first kappa shape index (κ1) is 21.3. The van der Waals surface area contributed by atoms with E-state index in [1.807, 2.05) is 62.4 Å². The molecule has 0 aromatic heterocycles. The molecule has 1 atom stereocenters. The lowest BCUT2D eigenvalue weighted by molar-refractivity contribution is -0.132. The van der Waals surface area contributed by atoms with Crippen LogP contribution in [0.4, 0.5) is 5.69 Å². The highest BCUT2D eigenvalue weighted by molar-refractivity contribution is 7.99. The Hall–Kier alpha value is -1.98. The number of benzene rings is 2. The molecule has 1 N–H and O–H groups in total. The maximum absolute atomic E-state index is 12.5. The van der Waals surface area contributed by atoms with Crippen LogP contribution in [0.25, 0.3) is 0 Å². The van der Waals surface area contributed by atoms with Crippen LogP contribution in [-0.4, -0.2) is 35.6 Å². The predicted octanol–water partition coefficient (Wildman–Crippen LogP) is 4.62. The minimum atomic E-state index is -0.235. The van der Waals surface area contributed by atoms with Gasteiger partial charge in [-0.05, 0) is 42.7 Å². The first-order chi connectivity index (χ1) is 12.9. The van der Waals surface area contributed by atoms with Crippen molar-refractivity contribution >= 4 is 40.9 Å². The first-order valence-electron chi connectivity index (χ1n) is 8.89. The number of halogens is 1.